The number of hydrazone groups is 4. The third-order valence-corrected chi connectivity index (χ3v) is 18.2. The number of rotatable bonds is 5. The number of methoxy groups -OCH3 is 1. The molecule has 4 radical (unpaired) electrons. The van der Waals surface area contributed by atoms with Gasteiger partial charge in [0.15, 0.2) is 0 Å². The van der Waals surface area contributed by atoms with E-state index in [0.717, 1.165) is 108 Å². The summed E-state index contributed by atoms with van der Waals surface area (Å²) >= 11 is 0. The van der Waals surface area contributed by atoms with E-state index in [4.69, 9.17) is 14.9 Å². The zero-order valence-electron chi connectivity index (χ0n) is 56.1. The molecule has 536 valence electrons. The fraction of sp³-hybridized carbons (Fsp3) is 0.0476. The van der Waals surface area contributed by atoms with Gasteiger partial charge >= 0.3 is 6.18 Å². The Labute approximate surface area is 664 Å². The topological polar surface area (TPSA) is 84.6 Å². The van der Waals surface area contributed by atoms with Crippen LogP contribution in [0.15, 0.2) is 275 Å². The maximum Gasteiger partial charge on any atom is 0.418 e. The van der Waals surface area contributed by atoms with Crippen molar-refractivity contribution in [2.24, 2.45) is 20.4 Å². The second-order valence-electron chi connectivity index (χ2n) is 24.5. The SMILES string of the molecule is COc1ccccc1N1[CH-]N2C(=N1)c1ccccc1-c1ccc[c-]c12.Cc1cc(C)cc(N2[CH-]N3C(=N2)c2ccccc2-c2ccc[c-]c23)c1.FC(F)(F)c1ccccc1N1[CH-]N2C(=N1)c1ccccc1-c1ccc[c-]c12.Fc1cccc(F)c1N1[CH-]N2C(=N1)c1ccccc1-c1ccc[c-]c12.[Ir].[Ir].[Ir].[Ir]. The number of alkyl halides is 3. The van der Waals surface area contributed by atoms with Crippen molar-refractivity contribution < 1.29 is 107 Å². The number of halogens is 5. The van der Waals surface area contributed by atoms with E-state index in [1.165, 1.54) is 68.2 Å². The minimum Gasteiger partial charge on any atom is -0.495 e. The van der Waals surface area contributed by atoms with Crippen LogP contribution in [0.4, 0.5) is 67.5 Å². The molecule has 0 N–H and O–H groups in total. The normalized spacial score (nSPS) is 14.2. The van der Waals surface area contributed by atoms with Crippen molar-refractivity contribution >= 4 is 68.8 Å². The number of amidine groups is 4. The fourth-order valence-electron chi connectivity index (χ4n) is 13.8. The van der Waals surface area contributed by atoms with Gasteiger partial charge in [0, 0.05) is 114 Å². The summed E-state index contributed by atoms with van der Waals surface area (Å²) < 4.78 is 74.2. The Kier molecular flexibility index (Phi) is 21.4. The summed E-state index contributed by atoms with van der Waals surface area (Å²) in [7, 11) is 1.67. The smallest absolute Gasteiger partial charge is 0.418 e. The van der Waals surface area contributed by atoms with E-state index in [0.29, 0.717) is 11.7 Å². The second kappa shape index (κ2) is 30.7. The van der Waals surface area contributed by atoms with Gasteiger partial charge in [0.05, 0.1) is 18.4 Å². The molecule has 0 bridgehead atoms. The number of hydrogen-bond acceptors (Lipinski definition) is 13. The molecule has 13 nitrogen and oxygen atoms in total. The van der Waals surface area contributed by atoms with Crippen LogP contribution in [0, 0.1) is 76.4 Å². The third kappa shape index (κ3) is 13.4. The average molecular weight is 2110 g/mol. The van der Waals surface area contributed by atoms with Crippen LogP contribution >= 0.6 is 0 Å². The molecule has 0 aliphatic carbocycles. The van der Waals surface area contributed by atoms with Crippen molar-refractivity contribution in [2.45, 2.75) is 20.0 Å². The summed E-state index contributed by atoms with van der Waals surface area (Å²) in [5, 5.41) is 25.1. The molecule has 0 fully saturated rings. The van der Waals surface area contributed by atoms with E-state index in [1.807, 2.05) is 155 Å². The van der Waals surface area contributed by atoms with Crippen molar-refractivity contribution in [3.8, 4) is 50.3 Å². The first-order chi connectivity index (χ1) is 49.8. The first-order valence-electron chi connectivity index (χ1n) is 32.7. The van der Waals surface area contributed by atoms with Gasteiger partial charge in [0.25, 0.3) is 0 Å². The molecule has 0 saturated carbocycles. The van der Waals surface area contributed by atoms with Gasteiger partial charge in [-0.1, -0.05) is 178 Å². The van der Waals surface area contributed by atoms with Gasteiger partial charge in [-0.2, -0.15) is 131 Å². The van der Waals surface area contributed by atoms with Crippen LogP contribution in [0.1, 0.15) is 38.9 Å². The van der Waals surface area contributed by atoms with Crippen LogP contribution in [-0.2, 0) is 86.6 Å². The summed E-state index contributed by atoms with van der Waals surface area (Å²) in [6.45, 7) is 11.4. The van der Waals surface area contributed by atoms with Crippen LogP contribution in [0.25, 0.3) is 44.5 Å². The van der Waals surface area contributed by atoms with Gasteiger partial charge in [-0.25, -0.2) is 8.78 Å². The predicted molar refractivity (Wildman–Crippen MR) is 393 cm³/mol. The largest absolute Gasteiger partial charge is 0.495 e. The van der Waals surface area contributed by atoms with Crippen molar-refractivity contribution in [3.63, 3.8) is 0 Å². The number of fused-ring (bicyclic) bond motifs is 24. The molecule has 20 rings (SSSR count). The summed E-state index contributed by atoms with van der Waals surface area (Å²) in [6, 6.07) is 92.6. The van der Waals surface area contributed by atoms with Crippen molar-refractivity contribution in [1.82, 2.24) is 0 Å². The zero-order valence-corrected chi connectivity index (χ0v) is 65.6. The Morgan fingerprint density at radius 1 is 0.340 bits per heavy atom. The van der Waals surface area contributed by atoms with Crippen LogP contribution in [0.5, 0.6) is 5.75 Å². The number of hydrogen-bond donors (Lipinski definition) is 0. The van der Waals surface area contributed by atoms with Gasteiger partial charge in [-0.05, 0) is 73.5 Å². The summed E-state index contributed by atoms with van der Waals surface area (Å²) in [5.74, 6) is 2.51. The van der Waals surface area contributed by atoms with Crippen LogP contribution < -0.4 is 44.4 Å². The number of nitrogens with zero attached hydrogens (tertiary/aromatic N) is 12. The molecule has 0 aromatic heterocycles. The first kappa shape index (κ1) is 74.1. The van der Waals surface area contributed by atoms with Crippen molar-refractivity contribution in [3.05, 3.63) is 356 Å². The van der Waals surface area contributed by atoms with Gasteiger partial charge in [-0.15, -0.1) is 48.9 Å². The molecule has 0 atom stereocenters. The molecule has 0 saturated heterocycles. The van der Waals surface area contributed by atoms with Crippen LogP contribution in [0.2, 0.25) is 0 Å². The maximum absolute atomic E-state index is 14.2. The zero-order chi connectivity index (χ0) is 69.3. The Bertz CT molecular complexity index is 5440. The minimum absolute atomic E-state index is 0. The third-order valence-electron chi connectivity index (χ3n) is 18.2. The standard InChI is InChI=1S/C22H17N3.C21H12F3N3.C21H15N3O.C20H11F2N3.4Ir/c1-15-11-16(2)13-17(12-15)25-14-24-21-10-6-5-8-19(21)18-7-3-4-9-20(18)22(24)23-25;22-21(23,24)17-10-4-6-12-19(17)27-13-26-18-11-5-3-8-15(18)14-7-1-2-9-16(14)20(26)25-27;1-25-20-13-7-6-12-19(20)24-14-23-18-11-5-4-9-16(18)15-8-2-3-10-17(15)21(23)22-24;21-16-9-5-10-17(22)19(16)25-12-24-18-11-4-3-7-14(18)13-6-1-2-8-15(13)20(24)23-25;;;;/h3-9,11-14H,1-2H3;1-10,12-13H;2-10,12-14H,1H3;1-10,12H;;;;/q4*-2;;;;. The van der Waals surface area contributed by atoms with Gasteiger partial charge in [-0.3, -0.25) is 0 Å². The van der Waals surface area contributed by atoms with E-state index in [1.54, 1.807) is 37.5 Å². The molecule has 106 heavy (non-hydrogen) atoms. The number of ether oxygens (including phenoxy) is 1. The maximum atomic E-state index is 14.2. The van der Waals surface area contributed by atoms with Crippen molar-refractivity contribution in [1.29, 1.82) is 0 Å². The van der Waals surface area contributed by atoms with E-state index in [-0.39, 0.29) is 91.8 Å². The van der Waals surface area contributed by atoms with E-state index in [2.05, 4.69) is 138 Å². The Balaban J connectivity index is 0.000000124. The summed E-state index contributed by atoms with van der Waals surface area (Å²) in [4.78, 5) is 7.81. The molecule has 8 aliphatic rings. The molecular weight excluding hydrogens is 2060 g/mol. The molecule has 8 heterocycles. The Morgan fingerprint density at radius 3 is 1.05 bits per heavy atom. The van der Waals surface area contributed by atoms with E-state index >= 15 is 0 Å². The Hall–Kier alpha value is -10.2. The van der Waals surface area contributed by atoms with E-state index in [9.17, 15) is 22.0 Å². The van der Waals surface area contributed by atoms with Crippen LogP contribution in [0.3, 0.4) is 0 Å². The molecule has 0 spiro atoms. The van der Waals surface area contributed by atoms with Gasteiger partial charge in [0.2, 0.25) is 0 Å². The molecular formula is C84H55F5Ir4N12O-8. The van der Waals surface area contributed by atoms with E-state index < -0.39 is 23.4 Å². The molecule has 0 unspecified atom stereocenters. The molecule has 8 aliphatic heterocycles. The molecule has 22 heteroatoms. The molecule has 0 amide bonds. The summed E-state index contributed by atoms with van der Waals surface area (Å²) in [5.41, 5.74) is 19.9. The quantitative estimate of drug-likeness (QED) is 0.124. The average Bonchev–Trinajstić information content (AvgIpc) is 1.54. The Morgan fingerprint density at radius 2 is 0.651 bits per heavy atom. The van der Waals surface area contributed by atoms with Gasteiger partial charge in [0.1, 0.15) is 46.4 Å². The minimum atomic E-state index is -4.46. The van der Waals surface area contributed by atoms with Gasteiger partial charge < -0.3 is 44.4 Å². The number of anilines is 8. The number of aryl methyl sites for hydroxylation is 2. The van der Waals surface area contributed by atoms with Crippen LogP contribution in [-0.4, -0.2) is 30.5 Å². The first-order valence-corrected chi connectivity index (χ1v) is 32.7. The number of para-hydroxylation sites is 8. The molecule has 12 aromatic rings. The second-order valence-corrected chi connectivity index (χ2v) is 24.5. The fourth-order valence-corrected chi connectivity index (χ4v) is 13.8. The monoisotopic (exact) mass is 2110 g/mol. The predicted octanol–water partition coefficient (Wildman–Crippen LogP) is 19.0. The number of benzene rings is 12. The van der Waals surface area contributed by atoms with Crippen molar-refractivity contribution in [2.75, 3.05) is 46.7 Å². The molecule has 12 aromatic carbocycles. The summed E-state index contributed by atoms with van der Waals surface area (Å²) in [6.07, 6.45) is -4.46.